The Kier molecular flexibility index (Phi) is 5.82. The van der Waals surface area contributed by atoms with Crippen molar-refractivity contribution in [3.8, 4) is 5.75 Å². The first kappa shape index (κ1) is 20.5. The molecule has 2 aromatic carbocycles. The highest BCUT2D eigenvalue weighted by molar-refractivity contribution is 5.75. The number of morpholine rings is 1. The van der Waals surface area contributed by atoms with Crippen LogP contribution in [0.4, 0.5) is 4.79 Å². The number of fused-ring (bicyclic) bond motifs is 2. The molecule has 0 N–H and O–H groups in total. The zero-order chi connectivity index (χ0) is 21.1. The summed E-state index contributed by atoms with van der Waals surface area (Å²) in [5.41, 5.74) is 3.03. The lowest BCUT2D eigenvalue weighted by Gasteiger charge is -2.44. The van der Waals surface area contributed by atoms with Gasteiger partial charge < -0.3 is 14.2 Å². The lowest BCUT2D eigenvalue weighted by molar-refractivity contribution is -0.0510. The SMILES string of the molecule is CC(C)(C)OC(=O)N1C2C=C(c3ccc(OCc4ccccc4)cc3)CC1COC2. The number of hydrogen-bond acceptors (Lipinski definition) is 4. The lowest BCUT2D eigenvalue weighted by Crippen LogP contribution is -2.57. The Morgan fingerprint density at radius 2 is 1.80 bits per heavy atom. The van der Waals surface area contributed by atoms with Crippen LogP contribution < -0.4 is 4.74 Å². The van der Waals surface area contributed by atoms with Crippen LogP contribution in [0.1, 0.15) is 38.3 Å². The zero-order valence-electron chi connectivity index (χ0n) is 17.8. The number of carbonyl (C=O) groups is 1. The Morgan fingerprint density at radius 1 is 1.07 bits per heavy atom. The van der Waals surface area contributed by atoms with E-state index < -0.39 is 5.60 Å². The maximum absolute atomic E-state index is 12.7. The van der Waals surface area contributed by atoms with Crippen molar-refractivity contribution >= 4 is 11.7 Å². The predicted molar refractivity (Wildman–Crippen MR) is 116 cm³/mol. The van der Waals surface area contributed by atoms with E-state index in [0.717, 1.165) is 23.3 Å². The second-order valence-electron chi connectivity index (χ2n) is 8.84. The van der Waals surface area contributed by atoms with Crippen molar-refractivity contribution in [3.63, 3.8) is 0 Å². The van der Waals surface area contributed by atoms with E-state index in [2.05, 4.69) is 30.3 Å². The third-order valence-corrected chi connectivity index (χ3v) is 5.28. The van der Waals surface area contributed by atoms with Gasteiger partial charge in [-0.3, -0.25) is 4.90 Å². The number of hydrogen-bond donors (Lipinski definition) is 0. The van der Waals surface area contributed by atoms with Crippen molar-refractivity contribution in [2.45, 2.75) is 51.5 Å². The van der Waals surface area contributed by atoms with E-state index in [9.17, 15) is 4.79 Å². The first-order chi connectivity index (χ1) is 14.4. The van der Waals surface area contributed by atoms with Gasteiger partial charge >= 0.3 is 6.09 Å². The molecule has 1 saturated heterocycles. The summed E-state index contributed by atoms with van der Waals surface area (Å²) < 4.78 is 17.2. The topological polar surface area (TPSA) is 48.0 Å². The Balaban J connectivity index is 1.45. The van der Waals surface area contributed by atoms with Crippen LogP contribution in [0.15, 0.2) is 60.7 Å². The molecular weight excluding hydrogens is 378 g/mol. The van der Waals surface area contributed by atoms with Gasteiger partial charge in [0, 0.05) is 0 Å². The second-order valence-corrected chi connectivity index (χ2v) is 8.84. The van der Waals surface area contributed by atoms with Gasteiger partial charge in [-0.1, -0.05) is 48.5 Å². The first-order valence-corrected chi connectivity index (χ1v) is 10.5. The van der Waals surface area contributed by atoms with Gasteiger partial charge in [-0.15, -0.1) is 0 Å². The molecule has 30 heavy (non-hydrogen) atoms. The van der Waals surface area contributed by atoms with Crippen LogP contribution in [0.2, 0.25) is 0 Å². The number of ether oxygens (including phenoxy) is 3. The van der Waals surface area contributed by atoms with Crippen molar-refractivity contribution < 1.29 is 19.0 Å². The van der Waals surface area contributed by atoms with E-state index in [4.69, 9.17) is 14.2 Å². The summed E-state index contributed by atoms with van der Waals surface area (Å²) in [4.78, 5) is 14.5. The number of amides is 1. The molecule has 2 unspecified atom stereocenters. The molecule has 0 spiro atoms. The van der Waals surface area contributed by atoms with Crippen LogP contribution in [0.5, 0.6) is 5.75 Å². The molecule has 5 nitrogen and oxygen atoms in total. The molecule has 4 rings (SSSR count). The van der Waals surface area contributed by atoms with E-state index in [1.807, 2.05) is 56.0 Å². The quantitative estimate of drug-likeness (QED) is 0.711. The molecule has 0 aromatic heterocycles. The fourth-order valence-corrected chi connectivity index (χ4v) is 3.92. The Morgan fingerprint density at radius 3 is 2.47 bits per heavy atom. The van der Waals surface area contributed by atoms with Gasteiger partial charge in [-0.2, -0.15) is 0 Å². The molecule has 5 heteroatoms. The molecular formula is C25H29NO4. The van der Waals surface area contributed by atoms with Gasteiger partial charge in [0.2, 0.25) is 0 Å². The second kappa shape index (κ2) is 8.52. The summed E-state index contributed by atoms with van der Waals surface area (Å²) in [6, 6.07) is 18.2. The van der Waals surface area contributed by atoms with Gasteiger partial charge in [0.1, 0.15) is 18.0 Å². The van der Waals surface area contributed by atoms with E-state index in [-0.39, 0.29) is 18.2 Å². The number of nitrogens with zero attached hydrogens (tertiary/aromatic N) is 1. The van der Waals surface area contributed by atoms with Crippen molar-refractivity contribution in [3.05, 3.63) is 71.8 Å². The van der Waals surface area contributed by atoms with Crippen LogP contribution in [0, 0.1) is 0 Å². The molecule has 2 aliphatic rings. The van der Waals surface area contributed by atoms with Crippen LogP contribution in [-0.4, -0.2) is 41.9 Å². The molecule has 1 amide bonds. The minimum Gasteiger partial charge on any atom is -0.489 e. The smallest absolute Gasteiger partial charge is 0.411 e. The summed E-state index contributed by atoms with van der Waals surface area (Å²) in [7, 11) is 0. The van der Waals surface area contributed by atoms with Crippen molar-refractivity contribution in [2.75, 3.05) is 13.2 Å². The Labute approximate surface area is 178 Å². The van der Waals surface area contributed by atoms with E-state index >= 15 is 0 Å². The highest BCUT2D eigenvalue weighted by Crippen LogP contribution is 2.34. The minimum absolute atomic E-state index is 0.00685. The molecule has 1 fully saturated rings. The van der Waals surface area contributed by atoms with E-state index in [1.54, 1.807) is 0 Å². The zero-order valence-corrected chi connectivity index (χ0v) is 17.8. The fraction of sp³-hybridized carbons (Fsp3) is 0.400. The average Bonchev–Trinajstić information content (AvgIpc) is 2.71. The standard InChI is InChI=1S/C25H29NO4/c1-25(2,3)30-24(27)26-21-13-20(14-22(26)17-28-16-21)19-9-11-23(12-10-19)29-15-18-7-5-4-6-8-18/h4-13,21-22H,14-17H2,1-3H3. The average molecular weight is 408 g/mol. The number of rotatable bonds is 4. The highest BCUT2D eigenvalue weighted by Gasteiger charge is 2.40. The highest BCUT2D eigenvalue weighted by atomic mass is 16.6. The molecule has 2 heterocycles. The summed E-state index contributed by atoms with van der Waals surface area (Å²) in [5.74, 6) is 0.845. The normalized spacial score (nSPS) is 21.0. The van der Waals surface area contributed by atoms with Crippen molar-refractivity contribution in [2.24, 2.45) is 0 Å². The van der Waals surface area contributed by atoms with Gasteiger partial charge in [-0.05, 0) is 56.0 Å². The largest absolute Gasteiger partial charge is 0.489 e. The Bertz CT molecular complexity index is 899. The predicted octanol–water partition coefficient (Wildman–Crippen LogP) is 5.06. The maximum Gasteiger partial charge on any atom is 0.411 e. The summed E-state index contributed by atoms with van der Waals surface area (Å²) >= 11 is 0. The number of benzene rings is 2. The first-order valence-electron chi connectivity index (χ1n) is 10.5. The van der Waals surface area contributed by atoms with Gasteiger partial charge in [0.25, 0.3) is 0 Å². The molecule has 2 aliphatic heterocycles. The summed E-state index contributed by atoms with van der Waals surface area (Å²) in [6.07, 6.45) is 2.63. The molecule has 0 radical (unpaired) electrons. The van der Waals surface area contributed by atoms with Crippen LogP contribution in [-0.2, 0) is 16.1 Å². The summed E-state index contributed by atoms with van der Waals surface area (Å²) in [6.45, 7) is 7.26. The van der Waals surface area contributed by atoms with E-state index in [1.165, 1.54) is 5.57 Å². The molecule has 158 valence electrons. The van der Waals surface area contributed by atoms with Crippen LogP contribution in [0.3, 0.4) is 0 Å². The number of carbonyl (C=O) groups excluding carboxylic acids is 1. The van der Waals surface area contributed by atoms with Crippen LogP contribution in [0.25, 0.3) is 5.57 Å². The minimum atomic E-state index is -0.508. The van der Waals surface area contributed by atoms with Crippen molar-refractivity contribution in [1.82, 2.24) is 4.90 Å². The van der Waals surface area contributed by atoms with E-state index in [0.29, 0.717) is 19.8 Å². The molecule has 0 saturated carbocycles. The van der Waals surface area contributed by atoms with Gasteiger partial charge in [-0.25, -0.2) is 4.79 Å². The fourth-order valence-electron chi connectivity index (χ4n) is 3.92. The maximum atomic E-state index is 12.7. The molecule has 0 aliphatic carbocycles. The van der Waals surface area contributed by atoms with Crippen molar-refractivity contribution in [1.29, 1.82) is 0 Å². The van der Waals surface area contributed by atoms with Gasteiger partial charge in [0.05, 0.1) is 25.3 Å². The van der Waals surface area contributed by atoms with Gasteiger partial charge in [0.15, 0.2) is 0 Å². The Hall–Kier alpha value is -2.79. The van der Waals surface area contributed by atoms with Crippen LogP contribution >= 0.6 is 0 Å². The molecule has 2 bridgehead atoms. The monoisotopic (exact) mass is 407 g/mol. The lowest BCUT2D eigenvalue weighted by atomic mass is 9.90. The third-order valence-electron chi connectivity index (χ3n) is 5.28. The third kappa shape index (κ3) is 4.85. The molecule has 2 aromatic rings. The molecule has 2 atom stereocenters. The summed E-state index contributed by atoms with van der Waals surface area (Å²) in [5, 5.41) is 0.